The molecule has 0 radical (unpaired) electrons. The van der Waals surface area contributed by atoms with Crippen LogP contribution in [0.4, 0.5) is 8.78 Å². The monoisotopic (exact) mass is 274 g/mol. The van der Waals surface area contributed by atoms with E-state index in [9.17, 15) is 8.78 Å². The Hall–Kier alpha value is -2.57. The first-order valence-electron chi connectivity index (χ1n) is 6.05. The predicted octanol–water partition coefficient (Wildman–Crippen LogP) is 2.22. The molecular weight excluding hydrogens is 266 g/mol. The smallest absolute Gasteiger partial charge is 0.248 e. The fourth-order valence-corrected chi connectivity index (χ4v) is 2.30. The molecular formula is C13H8F2N4O. The third kappa shape index (κ3) is 1.56. The van der Waals surface area contributed by atoms with Gasteiger partial charge >= 0.3 is 0 Å². The Kier molecular flexibility index (Phi) is 2.23. The van der Waals surface area contributed by atoms with Gasteiger partial charge in [0.05, 0.1) is 6.33 Å². The number of imidazole rings is 1. The average Bonchev–Trinajstić information content (AvgIpc) is 3.03. The van der Waals surface area contributed by atoms with E-state index in [-0.39, 0.29) is 17.0 Å². The van der Waals surface area contributed by atoms with Crippen LogP contribution in [0.2, 0.25) is 0 Å². The van der Waals surface area contributed by atoms with Gasteiger partial charge in [0.15, 0.2) is 11.4 Å². The lowest BCUT2D eigenvalue weighted by Crippen LogP contribution is -2.14. The van der Waals surface area contributed by atoms with Gasteiger partial charge in [-0.2, -0.15) is 0 Å². The van der Waals surface area contributed by atoms with Crippen molar-refractivity contribution in [1.82, 2.24) is 15.0 Å². The van der Waals surface area contributed by atoms with E-state index in [0.717, 1.165) is 24.2 Å². The zero-order valence-electron chi connectivity index (χ0n) is 10.2. The third-order valence-electron chi connectivity index (χ3n) is 3.19. The Morgan fingerprint density at radius 1 is 1.25 bits per heavy atom. The van der Waals surface area contributed by atoms with Crippen LogP contribution in [0.1, 0.15) is 17.3 Å². The second-order valence-corrected chi connectivity index (χ2v) is 4.46. The summed E-state index contributed by atoms with van der Waals surface area (Å²) in [5.41, 5.74) is 2.09. The van der Waals surface area contributed by atoms with Crippen LogP contribution in [0.3, 0.4) is 0 Å². The van der Waals surface area contributed by atoms with Crippen LogP contribution in [-0.4, -0.2) is 27.2 Å². The van der Waals surface area contributed by atoms with Gasteiger partial charge in [0, 0.05) is 30.8 Å². The number of benzene rings is 1. The largest absolute Gasteiger partial charge is 0.431 e. The molecule has 0 atom stereocenters. The van der Waals surface area contributed by atoms with Gasteiger partial charge in [0.25, 0.3) is 0 Å². The van der Waals surface area contributed by atoms with Crippen molar-refractivity contribution in [3.05, 3.63) is 47.4 Å². The highest BCUT2D eigenvalue weighted by atomic mass is 19.1. The van der Waals surface area contributed by atoms with Crippen LogP contribution in [0.15, 0.2) is 27.9 Å². The Labute approximate surface area is 111 Å². The van der Waals surface area contributed by atoms with E-state index in [1.165, 1.54) is 0 Å². The van der Waals surface area contributed by atoms with Gasteiger partial charge in [-0.05, 0) is 0 Å². The Morgan fingerprint density at radius 2 is 2.15 bits per heavy atom. The summed E-state index contributed by atoms with van der Waals surface area (Å²) in [5, 5.41) is 0. The molecule has 0 saturated heterocycles. The van der Waals surface area contributed by atoms with Crippen molar-refractivity contribution in [2.75, 3.05) is 6.54 Å². The molecule has 4 rings (SSSR count). The Morgan fingerprint density at radius 3 is 3.05 bits per heavy atom. The van der Waals surface area contributed by atoms with E-state index in [1.807, 2.05) is 0 Å². The van der Waals surface area contributed by atoms with Crippen LogP contribution in [0.5, 0.6) is 0 Å². The third-order valence-corrected chi connectivity index (χ3v) is 3.19. The fraction of sp³-hybridized carbons (Fsp3) is 0.154. The number of hydrogen-bond acceptors (Lipinski definition) is 4. The van der Waals surface area contributed by atoms with E-state index in [2.05, 4.69) is 19.9 Å². The zero-order valence-corrected chi connectivity index (χ0v) is 10.2. The second-order valence-electron chi connectivity index (χ2n) is 4.46. The quantitative estimate of drug-likeness (QED) is 0.739. The molecule has 100 valence electrons. The van der Waals surface area contributed by atoms with Crippen molar-refractivity contribution in [1.29, 1.82) is 0 Å². The summed E-state index contributed by atoms with van der Waals surface area (Å²) in [4.78, 5) is 15.6. The highest BCUT2D eigenvalue weighted by Crippen LogP contribution is 2.24. The summed E-state index contributed by atoms with van der Waals surface area (Å²) in [7, 11) is 0. The maximum atomic E-state index is 13.6. The highest BCUT2D eigenvalue weighted by Gasteiger charge is 2.23. The van der Waals surface area contributed by atoms with Gasteiger partial charge in [0.2, 0.25) is 5.89 Å². The number of aliphatic imine (C=N–C) groups is 1. The molecule has 0 aliphatic carbocycles. The van der Waals surface area contributed by atoms with Crippen molar-refractivity contribution in [2.24, 2.45) is 4.99 Å². The van der Waals surface area contributed by atoms with Gasteiger partial charge in [-0.25, -0.2) is 18.7 Å². The number of halogens is 2. The van der Waals surface area contributed by atoms with E-state index in [0.29, 0.717) is 18.0 Å². The maximum absolute atomic E-state index is 13.6. The molecule has 0 bridgehead atoms. The topological polar surface area (TPSA) is 67.1 Å². The van der Waals surface area contributed by atoms with E-state index in [4.69, 9.17) is 4.42 Å². The zero-order chi connectivity index (χ0) is 13.7. The second kappa shape index (κ2) is 3.96. The minimum atomic E-state index is -0.780. The maximum Gasteiger partial charge on any atom is 0.248 e. The van der Waals surface area contributed by atoms with Gasteiger partial charge in [-0.3, -0.25) is 4.99 Å². The molecule has 0 spiro atoms. The number of H-pyrrole nitrogens is 1. The lowest BCUT2D eigenvalue weighted by atomic mass is 10.1. The number of aromatic amines is 1. The first-order chi connectivity index (χ1) is 9.72. The van der Waals surface area contributed by atoms with E-state index in [1.54, 1.807) is 6.33 Å². The van der Waals surface area contributed by atoms with Crippen LogP contribution < -0.4 is 0 Å². The van der Waals surface area contributed by atoms with Crippen molar-refractivity contribution in [2.45, 2.75) is 6.42 Å². The minimum absolute atomic E-state index is 0.0771. The molecule has 1 aromatic carbocycles. The van der Waals surface area contributed by atoms with Gasteiger partial charge in [-0.15, -0.1) is 0 Å². The summed E-state index contributed by atoms with van der Waals surface area (Å²) < 4.78 is 32.2. The number of nitrogens with zero attached hydrogens (tertiary/aromatic N) is 3. The summed E-state index contributed by atoms with van der Waals surface area (Å²) >= 11 is 0. The van der Waals surface area contributed by atoms with Crippen molar-refractivity contribution < 1.29 is 13.2 Å². The number of rotatable bonds is 1. The lowest BCUT2D eigenvalue weighted by molar-refractivity contribution is 0.537. The van der Waals surface area contributed by atoms with Crippen molar-refractivity contribution >= 4 is 16.8 Å². The average molecular weight is 274 g/mol. The molecule has 2 aromatic heterocycles. The molecule has 3 heterocycles. The number of fused-ring (bicyclic) bond motifs is 2. The molecule has 1 N–H and O–H groups in total. The molecule has 0 unspecified atom stereocenters. The van der Waals surface area contributed by atoms with Crippen molar-refractivity contribution in [3.8, 4) is 0 Å². The number of hydrogen-bond donors (Lipinski definition) is 1. The molecule has 0 amide bonds. The summed E-state index contributed by atoms with van der Waals surface area (Å²) in [6, 6.07) is 1.89. The summed E-state index contributed by atoms with van der Waals surface area (Å²) in [6.07, 6.45) is 2.32. The van der Waals surface area contributed by atoms with Gasteiger partial charge in [-0.1, -0.05) is 0 Å². The first-order valence-corrected chi connectivity index (χ1v) is 6.05. The molecule has 7 heteroatoms. The normalized spacial score (nSPS) is 14.4. The minimum Gasteiger partial charge on any atom is -0.431 e. The molecule has 0 saturated carbocycles. The molecule has 3 aromatic rings. The molecule has 1 aliphatic rings. The van der Waals surface area contributed by atoms with Crippen LogP contribution >= 0.6 is 0 Å². The van der Waals surface area contributed by atoms with E-state index < -0.39 is 11.6 Å². The standard InChI is InChI=1S/C13H8F2N4O/c14-6-3-7(15)12-9(4-6)19-13(20-12)11-10-8(1-2-16-11)17-5-18-10/h3-5H,1-2H2,(H,17,18). The molecule has 5 nitrogen and oxygen atoms in total. The summed E-state index contributed by atoms with van der Waals surface area (Å²) in [5.74, 6) is -1.32. The molecule has 20 heavy (non-hydrogen) atoms. The van der Waals surface area contributed by atoms with E-state index >= 15 is 0 Å². The van der Waals surface area contributed by atoms with Gasteiger partial charge < -0.3 is 9.40 Å². The molecule has 1 aliphatic heterocycles. The molecule has 0 fully saturated rings. The van der Waals surface area contributed by atoms with Crippen LogP contribution in [-0.2, 0) is 6.42 Å². The predicted molar refractivity (Wildman–Crippen MR) is 66.7 cm³/mol. The SMILES string of the molecule is Fc1cc(F)c2oc(C3=NCCc4[nH]cnc43)nc2c1. The highest BCUT2D eigenvalue weighted by molar-refractivity contribution is 6.10. The number of oxazole rings is 1. The Balaban J connectivity index is 1.92. The summed E-state index contributed by atoms with van der Waals surface area (Å²) in [6.45, 7) is 0.570. The van der Waals surface area contributed by atoms with Crippen LogP contribution in [0, 0.1) is 11.6 Å². The van der Waals surface area contributed by atoms with Crippen molar-refractivity contribution in [3.63, 3.8) is 0 Å². The van der Waals surface area contributed by atoms with Crippen LogP contribution in [0.25, 0.3) is 11.1 Å². The Bertz CT molecular complexity index is 849. The first kappa shape index (κ1) is 11.3. The lowest BCUT2D eigenvalue weighted by Gasteiger charge is -2.08. The fourth-order valence-electron chi connectivity index (χ4n) is 2.30. The number of aromatic nitrogens is 3. The van der Waals surface area contributed by atoms with Gasteiger partial charge in [0.1, 0.15) is 22.7 Å². The number of nitrogens with one attached hydrogen (secondary N) is 1.